The molecule has 0 aliphatic rings. The lowest BCUT2D eigenvalue weighted by Gasteiger charge is -2.03. The first kappa shape index (κ1) is 10.6. The van der Waals surface area contributed by atoms with Crippen LogP contribution in [-0.4, -0.2) is 15.6 Å². The minimum Gasteiger partial charge on any atom is -0.478 e. The van der Waals surface area contributed by atoms with Crippen LogP contribution in [0.15, 0.2) is 40.0 Å². The third kappa shape index (κ3) is 2.20. The van der Waals surface area contributed by atoms with Gasteiger partial charge in [0.25, 0.3) is 5.56 Å². The second-order valence-corrected chi connectivity index (χ2v) is 4.10. The Morgan fingerprint density at radius 1 is 1.44 bits per heavy atom. The Hall–Kier alpha value is -1.88. The first-order valence-electron chi connectivity index (χ1n) is 4.61. The van der Waals surface area contributed by atoms with Crippen LogP contribution in [0.3, 0.4) is 0 Å². The first-order valence-corrected chi connectivity index (χ1v) is 5.56. The largest absolute Gasteiger partial charge is 0.478 e. The molecule has 4 nitrogen and oxygen atoms in total. The van der Waals surface area contributed by atoms with Crippen LogP contribution in [0.2, 0.25) is 0 Å². The van der Waals surface area contributed by atoms with Crippen LogP contribution in [0.4, 0.5) is 0 Å². The number of carbonyl (C=O) groups is 1. The minimum absolute atomic E-state index is 0.0200. The van der Waals surface area contributed by atoms with Crippen molar-refractivity contribution in [3.63, 3.8) is 0 Å². The maximum atomic E-state index is 11.6. The molecule has 0 radical (unpaired) electrons. The Morgan fingerprint density at radius 3 is 2.81 bits per heavy atom. The second-order valence-electron chi connectivity index (χ2n) is 3.32. The van der Waals surface area contributed by atoms with Gasteiger partial charge < -0.3 is 9.67 Å². The van der Waals surface area contributed by atoms with Crippen LogP contribution in [0.25, 0.3) is 0 Å². The first-order chi connectivity index (χ1) is 7.66. The molecule has 0 unspecified atom stereocenters. The highest BCUT2D eigenvalue weighted by Gasteiger charge is 2.05. The molecule has 0 bridgehead atoms. The van der Waals surface area contributed by atoms with Gasteiger partial charge in [0.2, 0.25) is 0 Å². The minimum atomic E-state index is -1.08. The van der Waals surface area contributed by atoms with E-state index in [1.165, 1.54) is 16.8 Å². The van der Waals surface area contributed by atoms with E-state index in [-0.39, 0.29) is 11.1 Å². The zero-order chi connectivity index (χ0) is 11.5. The Bertz CT molecular complexity index is 557. The molecule has 0 aliphatic heterocycles. The molecule has 0 saturated carbocycles. The molecule has 2 rings (SSSR count). The molecule has 2 aromatic rings. The summed E-state index contributed by atoms with van der Waals surface area (Å²) >= 11 is 1.56. The molecule has 5 heteroatoms. The molecule has 0 aromatic carbocycles. The van der Waals surface area contributed by atoms with Crippen LogP contribution in [0.1, 0.15) is 15.9 Å². The zero-order valence-electron chi connectivity index (χ0n) is 8.29. The Morgan fingerprint density at radius 2 is 2.25 bits per heavy atom. The Labute approximate surface area is 95.4 Å². The van der Waals surface area contributed by atoms with E-state index in [1.54, 1.807) is 11.3 Å². The fourth-order valence-corrected chi connectivity index (χ4v) is 2.01. The van der Waals surface area contributed by atoms with Gasteiger partial charge in [-0.05, 0) is 28.5 Å². The molecular formula is C11H9NO3S. The average molecular weight is 235 g/mol. The summed E-state index contributed by atoms with van der Waals surface area (Å²) < 4.78 is 1.48. The average Bonchev–Trinajstić information content (AvgIpc) is 2.73. The van der Waals surface area contributed by atoms with Crippen LogP contribution in [0.5, 0.6) is 0 Å². The van der Waals surface area contributed by atoms with E-state index >= 15 is 0 Å². The van der Waals surface area contributed by atoms with Gasteiger partial charge in [0.1, 0.15) is 0 Å². The van der Waals surface area contributed by atoms with Gasteiger partial charge in [-0.2, -0.15) is 11.3 Å². The van der Waals surface area contributed by atoms with E-state index in [2.05, 4.69) is 0 Å². The monoisotopic (exact) mass is 235 g/mol. The van der Waals surface area contributed by atoms with Crippen molar-refractivity contribution < 1.29 is 9.90 Å². The summed E-state index contributed by atoms with van der Waals surface area (Å²) in [7, 11) is 0. The third-order valence-electron chi connectivity index (χ3n) is 2.18. The summed E-state index contributed by atoms with van der Waals surface area (Å²) in [5.74, 6) is -1.08. The summed E-state index contributed by atoms with van der Waals surface area (Å²) in [6.45, 7) is 0.474. The van der Waals surface area contributed by atoms with Crippen molar-refractivity contribution in [2.45, 2.75) is 6.54 Å². The van der Waals surface area contributed by atoms with Crippen molar-refractivity contribution >= 4 is 17.3 Å². The molecule has 0 atom stereocenters. The summed E-state index contributed by atoms with van der Waals surface area (Å²) in [6.07, 6.45) is 1.50. The molecule has 2 aromatic heterocycles. The highest BCUT2D eigenvalue weighted by atomic mass is 32.1. The molecule has 0 aliphatic carbocycles. The molecular weight excluding hydrogens is 226 g/mol. The van der Waals surface area contributed by atoms with Crippen LogP contribution < -0.4 is 5.56 Å². The maximum absolute atomic E-state index is 11.6. The number of carboxylic acids is 1. The van der Waals surface area contributed by atoms with Crippen LogP contribution in [-0.2, 0) is 6.54 Å². The van der Waals surface area contributed by atoms with E-state index in [1.807, 2.05) is 16.8 Å². The Kier molecular flexibility index (Phi) is 2.87. The summed E-state index contributed by atoms with van der Waals surface area (Å²) in [4.78, 5) is 22.2. The van der Waals surface area contributed by atoms with Crippen molar-refractivity contribution in [2.24, 2.45) is 0 Å². The number of nitrogens with zero attached hydrogens (tertiary/aromatic N) is 1. The predicted octanol–water partition coefficient (Wildman–Crippen LogP) is 1.66. The fourth-order valence-electron chi connectivity index (χ4n) is 1.35. The molecule has 0 amide bonds. The summed E-state index contributed by atoms with van der Waals surface area (Å²) in [5.41, 5.74) is 0.757. The predicted molar refractivity (Wildman–Crippen MR) is 61.1 cm³/mol. The van der Waals surface area contributed by atoms with E-state index in [0.717, 1.165) is 11.6 Å². The molecule has 82 valence electrons. The van der Waals surface area contributed by atoms with Gasteiger partial charge in [-0.25, -0.2) is 4.79 Å². The number of hydrogen-bond donors (Lipinski definition) is 1. The van der Waals surface area contributed by atoms with E-state index in [0.29, 0.717) is 6.54 Å². The number of thiophene rings is 1. The van der Waals surface area contributed by atoms with Crippen molar-refractivity contribution in [3.05, 3.63) is 56.6 Å². The summed E-state index contributed by atoms with van der Waals surface area (Å²) in [6, 6.07) is 4.49. The van der Waals surface area contributed by atoms with Gasteiger partial charge >= 0.3 is 5.97 Å². The normalized spacial score (nSPS) is 10.2. The van der Waals surface area contributed by atoms with Crippen molar-refractivity contribution in [2.75, 3.05) is 0 Å². The second kappa shape index (κ2) is 4.32. The third-order valence-corrected chi connectivity index (χ3v) is 2.91. The number of carboxylic acid groups (broad SMARTS) is 1. The molecule has 1 N–H and O–H groups in total. The molecule has 2 heterocycles. The van der Waals surface area contributed by atoms with Crippen LogP contribution >= 0.6 is 11.3 Å². The number of hydrogen-bond acceptors (Lipinski definition) is 3. The number of rotatable bonds is 3. The van der Waals surface area contributed by atoms with Gasteiger partial charge in [-0.3, -0.25) is 4.79 Å². The van der Waals surface area contributed by atoms with Gasteiger partial charge in [-0.1, -0.05) is 0 Å². The van der Waals surface area contributed by atoms with E-state index < -0.39 is 5.97 Å². The van der Waals surface area contributed by atoms with Crippen molar-refractivity contribution in [1.29, 1.82) is 0 Å². The standard InChI is InChI=1S/C11H9NO3S/c13-10-5-9(11(14)15)1-3-12(10)6-8-2-4-16-7-8/h1-5,7H,6H2,(H,14,15). The molecule has 0 spiro atoms. The zero-order valence-corrected chi connectivity index (χ0v) is 9.11. The van der Waals surface area contributed by atoms with Crippen molar-refractivity contribution in [3.8, 4) is 0 Å². The summed E-state index contributed by atoms with van der Waals surface area (Å²) in [5, 5.41) is 12.6. The van der Waals surface area contributed by atoms with Crippen molar-refractivity contribution in [1.82, 2.24) is 4.57 Å². The van der Waals surface area contributed by atoms with Gasteiger partial charge in [0.05, 0.1) is 12.1 Å². The topological polar surface area (TPSA) is 59.3 Å². The van der Waals surface area contributed by atoms with Crippen LogP contribution in [0, 0.1) is 0 Å². The van der Waals surface area contributed by atoms with E-state index in [4.69, 9.17) is 5.11 Å². The highest BCUT2D eigenvalue weighted by molar-refractivity contribution is 7.07. The maximum Gasteiger partial charge on any atom is 0.335 e. The SMILES string of the molecule is O=C(O)c1ccn(Cc2ccsc2)c(=O)c1. The van der Waals surface area contributed by atoms with Gasteiger partial charge in [-0.15, -0.1) is 0 Å². The number of aromatic nitrogens is 1. The fraction of sp³-hybridized carbons (Fsp3) is 0.0909. The molecule has 16 heavy (non-hydrogen) atoms. The quantitative estimate of drug-likeness (QED) is 0.880. The molecule has 0 fully saturated rings. The smallest absolute Gasteiger partial charge is 0.335 e. The lowest BCUT2D eigenvalue weighted by molar-refractivity contribution is 0.0696. The van der Waals surface area contributed by atoms with Gasteiger partial charge in [0, 0.05) is 12.3 Å². The molecule has 0 saturated heterocycles. The number of pyridine rings is 1. The Balaban J connectivity index is 2.30. The van der Waals surface area contributed by atoms with E-state index in [9.17, 15) is 9.59 Å². The van der Waals surface area contributed by atoms with Gasteiger partial charge in [0.15, 0.2) is 0 Å². The number of aromatic carboxylic acids is 1. The lowest BCUT2D eigenvalue weighted by atomic mass is 10.2. The lowest BCUT2D eigenvalue weighted by Crippen LogP contribution is -2.20. The highest BCUT2D eigenvalue weighted by Crippen LogP contribution is 2.07.